The van der Waals surface area contributed by atoms with Crippen LogP contribution in [0.15, 0.2) is 24.3 Å². The zero-order valence-electron chi connectivity index (χ0n) is 11.6. The highest BCUT2D eigenvalue weighted by Gasteiger charge is 2.25. The molecule has 0 radical (unpaired) electrons. The fourth-order valence-electron chi connectivity index (χ4n) is 1.96. The fourth-order valence-corrected chi connectivity index (χ4v) is 1.96. The Bertz CT molecular complexity index is 399. The van der Waals surface area contributed by atoms with Gasteiger partial charge in [0.25, 0.3) is 0 Å². The van der Waals surface area contributed by atoms with Crippen molar-refractivity contribution >= 4 is 5.69 Å². The van der Waals surface area contributed by atoms with E-state index < -0.39 is 0 Å². The molecule has 1 aliphatic carbocycles. The third-order valence-corrected chi connectivity index (χ3v) is 3.81. The maximum Gasteiger partial charge on any atom is 0.0658 e. The number of hydrogen-bond donors (Lipinski definition) is 2. The number of benzene rings is 1. The number of aliphatic hydroxyl groups is 1. The maximum atomic E-state index is 9.49. The zero-order chi connectivity index (χ0) is 13.2. The van der Waals surface area contributed by atoms with E-state index in [1.165, 1.54) is 24.1 Å². The molecule has 0 amide bonds. The van der Waals surface area contributed by atoms with Crippen LogP contribution in [0.2, 0.25) is 0 Å². The lowest BCUT2D eigenvalue weighted by atomic mass is 10.0. The average molecular weight is 248 g/mol. The first-order chi connectivity index (χ1) is 8.54. The minimum Gasteiger partial charge on any atom is -0.394 e. The minimum absolute atomic E-state index is 0.147. The molecule has 2 rings (SSSR count). The first-order valence-electron chi connectivity index (χ1n) is 6.70. The molecule has 0 heterocycles. The van der Waals surface area contributed by atoms with Gasteiger partial charge in [-0.1, -0.05) is 18.2 Å². The molecule has 2 N–H and O–H groups in total. The van der Waals surface area contributed by atoms with Crippen LogP contribution in [0.4, 0.5) is 5.69 Å². The van der Waals surface area contributed by atoms with Crippen molar-refractivity contribution in [1.82, 2.24) is 5.32 Å². The standard InChI is InChI=1S/C15H24N2O/c1-15(2,11-18)17(3)14-7-5-4-6-12(14)10-16-13-8-9-13/h4-7,13,16,18H,8-11H2,1-3H3. The van der Waals surface area contributed by atoms with Crippen molar-refractivity contribution in [3.05, 3.63) is 29.8 Å². The van der Waals surface area contributed by atoms with Gasteiger partial charge in [-0.3, -0.25) is 0 Å². The van der Waals surface area contributed by atoms with E-state index in [1.807, 2.05) is 7.05 Å². The monoisotopic (exact) mass is 248 g/mol. The molecule has 18 heavy (non-hydrogen) atoms. The van der Waals surface area contributed by atoms with E-state index in [-0.39, 0.29) is 12.1 Å². The number of hydrogen-bond acceptors (Lipinski definition) is 3. The topological polar surface area (TPSA) is 35.5 Å². The summed E-state index contributed by atoms with van der Waals surface area (Å²) >= 11 is 0. The van der Waals surface area contributed by atoms with Crippen molar-refractivity contribution in [3.8, 4) is 0 Å². The van der Waals surface area contributed by atoms with E-state index in [9.17, 15) is 5.11 Å². The highest BCUT2D eigenvalue weighted by molar-refractivity contribution is 5.55. The predicted molar refractivity (Wildman–Crippen MR) is 75.9 cm³/mol. The van der Waals surface area contributed by atoms with E-state index in [0.29, 0.717) is 6.04 Å². The molecule has 1 aliphatic rings. The van der Waals surface area contributed by atoms with Gasteiger partial charge < -0.3 is 15.3 Å². The van der Waals surface area contributed by atoms with Crippen molar-refractivity contribution in [3.63, 3.8) is 0 Å². The number of likely N-dealkylation sites (N-methyl/N-ethyl adjacent to an activating group) is 1. The lowest BCUT2D eigenvalue weighted by Gasteiger charge is -2.37. The van der Waals surface area contributed by atoms with E-state index in [4.69, 9.17) is 0 Å². The van der Waals surface area contributed by atoms with Crippen LogP contribution in [0.3, 0.4) is 0 Å². The van der Waals surface area contributed by atoms with Gasteiger partial charge in [-0.25, -0.2) is 0 Å². The fraction of sp³-hybridized carbons (Fsp3) is 0.600. The van der Waals surface area contributed by atoms with Gasteiger partial charge in [0.05, 0.1) is 12.1 Å². The van der Waals surface area contributed by atoms with Crippen molar-refractivity contribution in [2.24, 2.45) is 0 Å². The van der Waals surface area contributed by atoms with Gasteiger partial charge in [-0.2, -0.15) is 0 Å². The van der Waals surface area contributed by atoms with Gasteiger partial charge in [-0.05, 0) is 38.3 Å². The van der Waals surface area contributed by atoms with Crippen LogP contribution in [-0.2, 0) is 6.54 Å². The van der Waals surface area contributed by atoms with Crippen LogP contribution in [-0.4, -0.2) is 30.3 Å². The molecule has 1 aromatic carbocycles. The molecule has 0 bridgehead atoms. The van der Waals surface area contributed by atoms with Crippen LogP contribution in [0.1, 0.15) is 32.3 Å². The molecule has 0 aliphatic heterocycles. The normalized spacial score (nSPS) is 15.8. The predicted octanol–water partition coefficient (Wildman–Crippen LogP) is 2.15. The van der Waals surface area contributed by atoms with E-state index in [1.54, 1.807) is 0 Å². The number of anilines is 1. The molecule has 1 saturated carbocycles. The van der Waals surface area contributed by atoms with E-state index in [0.717, 1.165) is 6.54 Å². The molecule has 0 spiro atoms. The summed E-state index contributed by atoms with van der Waals surface area (Å²) in [6, 6.07) is 9.14. The van der Waals surface area contributed by atoms with Gasteiger partial charge in [0, 0.05) is 25.3 Å². The summed E-state index contributed by atoms with van der Waals surface area (Å²) < 4.78 is 0. The minimum atomic E-state index is -0.240. The zero-order valence-corrected chi connectivity index (χ0v) is 11.6. The number of rotatable bonds is 6. The third kappa shape index (κ3) is 3.03. The van der Waals surface area contributed by atoms with Gasteiger partial charge >= 0.3 is 0 Å². The molecule has 0 saturated heterocycles. The van der Waals surface area contributed by atoms with E-state index >= 15 is 0 Å². The Labute approximate surface area is 110 Å². The van der Waals surface area contributed by atoms with Crippen molar-refractivity contribution in [2.75, 3.05) is 18.6 Å². The molecule has 1 aromatic rings. The Balaban J connectivity index is 2.14. The number of aliphatic hydroxyl groups excluding tert-OH is 1. The molecular weight excluding hydrogens is 224 g/mol. The second-order valence-corrected chi connectivity index (χ2v) is 5.81. The number of nitrogens with one attached hydrogen (secondary N) is 1. The van der Waals surface area contributed by atoms with Gasteiger partial charge in [-0.15, -0.1) is 0 Å². The van der Waals surface area contributed by atoms with Crippen LogP contribution in [0.25, 0.3) is 0 Å². The van der Waals surface area contributed by atoms with Gasteiger partial charge in [0.15, 0.2) is 0 Å². The number of nitrogens with zero attached hydrogens (tertiary/aromatic N) is 1. The van der Waals surface area contributed by atoms with Crippen molar-refractivity contribution in [1.29, 1.82) is 0 Å². The molecular formula is C15H24N2O. The summed E-state index contributed by atoms with van der Waals surface area (Å²) in [4.78, 5) is 2.16. The maximum absolute atomic E-state index is 9.49. The quantitative estimate of drug-likeness (QED) is 0.809. The largest absolute Gasteiger partial charge is 0.394 e. The second-order valence-electron chi connectivity index (χ2n) is 5.81. The summed E-state index contributed by atoms with van der Waals surface area (Å²) in [6.07, 6.45) is 2.61. The smallest absolute Gasteiger partial charge is 0.0658 e. The Morgan fingerprint density at radius 3 is 2.61 bits per heavy atom. The first kappa shape index (κ1) is 13.4. The molecule has 1 fully saturated rings. The van der Waals surface area contributed by atoms with Gasteiger partial charge in [0.1, 0.15) is 0 Å². The Morgan fingerprint density at radius 1 is 1.33 bits per heavy atom. The molecule has 0 aromatic heterocycles. The summed E-state index contributed by atoms with van der Waals surface area (Å²) in [6.45, 7) is 5.16. The lowest BCUT2D eigenvalue weighted by Crippen LogP contribution is -2.45. The van der Waals surface area contributed by atoms with Crippen LogP contribution in [0, 0.1) is 0 Å². The number of para-hydroxylation sites is 1. The Hall–Kier alpha value is -1.06. The second kappa shape index (κ2) is 5.29. The molecule has 3 heteroatoms. The van der Waals surface area contributed by atoms with Crippen LogP contribution in [0.5, 0.6) is 0 Å². The summed E-state index contributed by atoms with van der Waals surface area (Å²) in [7, 11) is 2.05. The Kier molecular flexibility index (Phi) is 3.93. The molecule has 3 nitrogen and oxygen atoms in total. The Morgan fingerprint density at radius 2 is 2.00 bits per heavy atom. The highest BCUT2D eigenvalue weighted by Crippen LogP contribution is 2.27. The molecule has 0 atom stereocenters. The third-order valence-electron chi connectivity index (χ3n) is 3.81. The van der Waals surface area contributed by atoms with E-state index in [2.05, 4.69) is 48.3 Å². The molecule has 100 valence electrons. The van der Waals surface area contributed by atoms with Crippen molar-refractivity contribution < 1.29 is 5.11 Å². The SMILES string of the molecule is CN(c1ccccc1CNC1CC1)C(C)(C)CO. The first-order valence-corrected chi connectivity index (χ1v) is 6.70. The van der Waals surface area contributed by atoms with Crippen molar-refractivity contribution in [2.45, 2.75) is 44.8 Å². The molecule has 0 unspecified atom stereocenters. The van der Waals surface area contributed by atoms with Crippen LogP contribution < -0.4 is 10.2 Å². The summed E-state index contributed by atoms with van der Waals surface area (Å²) in [5.74, 6) is 0. The summed E-state index contributed by atoms with van der Waals surface area (Å²) in [5.41, 5.74) is 2.26. The van der Waals surface area contributed by atoms with Crippen LogP contribution >= 0.6 is 0 Å². The summed E-state index contributed by atoms with van der Waals surface area (Å²) in [5, 5.41) is 13.0. The lowest BCUT2D eigenvalue weighted by molar-refractivity contribution is 0.216. The average Bonchev–Trinajstić information content (AvgIpc) is 3.20. The van der Waals surface area contributed by atoms with Gasteiger partial charge in [0.2, 0.25) is 0 Å². The highest BCUT2D eigenvalue weighted by atomic mass is 16.3.